The van der Waals surface area contributed by atoms with Crippen molar-refractivity contribution < 1.29 is 45.0 Å². The molecule has 0 atom stereocenters. The van der Waals surface area contributed by atoms with Gasteiger partial charge in [-0.3, -0.25) is 4.79 Å². The number of benzene rings is 2. The summed E-state index contributed by atoms with van der Waals surface area (Å²) in [6.07, 6.45) is -3.17. The summed E-state index contributed by atoms with van der Waals surface area (Å²) in [7, 11) is 0. The van der Waals surface area contributed by atoms with Crippen molar-refractivity contribution in [3.63, 3.8) is 0 Å². The highest BCUT2D eigenvalue weighted by atomic mass is 19.4. The van der Waals surface area contributed by atoms with Gasteiger partial charge in [-0.05, 0) is 53.8 Å². The minimum Gasteiger partial charge on any atom is -0.431 e. The second kappa shape index (κ2) is 8.60. The first-order valence-electron chi connectivity index (χ1n) is 9.17. The van der Waals surface area contributed by atoms with E-state index in [2.05, 4.69) is 4.74 Å². The average Bonchev–Trinajstić information content (AvgIpc) is 2.64. The van der Waals surface area contributed by atoms with Gasteiger partial charge in [0.25, 0.3) is 0 Å². The van der Waals surface area contributed by atoms with Crippen LogP contribution in [0.15, 0.2) is 24.0 Å². The predicted molar refractivity (Wildman–Crippen MR) is 95.7 cm³/mol. The molecule has 10 heteroatoms. The van der Waals surface area contributed by atoms with Crippen molar-refractivity contribution >= 4 is 12.0 Å². The fourth-order valence-electron chi connectivity index (χ4n) is 3.22. The standard InChI is InChI=1S/C21H15F7O3/c1-2-3-17(29)30-12-4-5-13-10(6-12)7-14(22)18(19(13)25)11-8-15(23)20(16(24)9-11)31-21(26,27)28/h6-9H,2-5H2,1H3. The third kappa shape index (κ3) is 5.00. The third-order valence-electron chi connectivity index (χ3n) is 4.50. The molecule has 2 aromatic carbocycles. The van der Waals surface area contributed by atoms with Crippen LogP contribution >= 0.6 is 0 Å². The molecule has 0 bridgehead atoms. The zero-order valence-electron chi connectivity index (χ0n) is 16.0. The zero-order valence-corrected chi connectivity index (χ0v) is 16.0. The van der Waals surface area contributed by atoms with Crippen LogP contribution in [0.3, 0.4) is 0 Å². The van der Waals surface area contributed by atoms with E-state index >= 15 is 4.39 Å². The molecule has 0 saturated heterocycles. The monoisotopic (exact) mass is 448 g/mol. The van der Waals surface area contributed by atoms with Gasteiger partial charge in [0.1, 0.15) is 17.4 Å². The summed E-state index contributed by atoms with van der Waals surface area (Å²) in [5.74, 6) is -7.84. The Labute approximate surface area is 172 Å². The third-order valence-corrected chi connectivity index (χ3v) is 4.50. The number of hydrogen-bond donors (Lipinski definition) is 0. The number of allylic oxidation sites excluding steroid dienone is 1. The highest BCUT2D eigenvalue weighted by Crippen LogP contribution is 2.38. The topological polar surface area (TPSA) is 35.5 Å². The Morgan fingerprint density at radius 3 is 2.23 bits per heavy atom. The Bertz CT molecular complexity index is 1030. The SMILES string of the molecule is CCCC(=O)OC1=Cc2cc(F)c(-c3cc(F)c(OC(F)(F)F)c(F)c3)c(F)c2CC1. The Balaban J connectivity index is 2.00. The van der Waals surface area contributed by atoms with E-state index in [1.807, 2.05) is 0 Å². The predicted octanol–water partition coefficient (Wildman–Crippen LogP) is 6.44. The first kappa shape index (κ1) is 22.6. The first-order chi connectivity index (χ1) is 14.5. The molecular formula is C21H15F7O3. The molecule has 0 aliphatic heterocycles. The number of rotatable bonds is 5. The maximum Gasteiger partial charge on any atom is 0.573 e. The average molecular weight is 448 g/mol. The van der Waals surface area contributed by atoms with Gasteiger partial charge in [-0.2, -0.15) is 0 Å². The molecule has 2 aromatic rings. The number of halogens is 7. The summed E-state index contributed by atoms with van der Waals surface area (Å²) in [5, 5.41) is 0. The Kier molecular flexibility index (Phi) is 6.28. The quantitative estimate of drug-likeness (QED) is 0.390. The number of hydrogen-bond acceptors (Lipinski definition) is 3. The number of carbonyl (C=O) groups excluding carboxylic acids is 1. The molecule has 0 saturated carbocycles. The van der Waals surface area contributed by atoms with Gasteiger partial charge in [0, 0.05) is 12.8 Å². The Hall–Kier alpha value is -3.04. The van der Waals surface area contributed by atoms with Crippen molar-refractivity contribution in [1.82, 2.24) is 0 Å². The van der Waals surface area contributed by atoms with E-state index in [4.69, 9.17) is 4.74 Å². The molecule has 0 spiro atoms. The fraction of sp³-hybridized carbons (Fsp3) is 0.286. The van der Waals surface area contributed by atoms with Gasteiger partial charge in [-0.25, -0.2) is 17.6 Å². The second-order valence-corrected chi connectivity index (χ2v) is 6.77. The van der Waals surface area contributed by atoms with Gasteiger partial charge < -0.3 is 9.47 Å². The minimum atomic E-state index is -5.35. The zero-order chi connectivity index (χ0) is 22.9. The van der Waals surface area contributed by atoms with Crippen molar-refractivity contribution in [2.45, 2.75) is 39.0 Å². The summed E-state index contributed by atoms with van der Waals surface area (Å²) < 4.78 is 103. The maximum atomic E-state index is 15.0. The molecule has 166 valence electrons. The van der Waals surface area contributed by atoms with Crippen LogP contribution < -0.4 is 4.74 Å². The van der Waals surface area contributed by atoms with Crippen LogP contribution in [0.4, 0.5) is 30.7 Å². The molecule has 0 radical (unpaired) electrons. The Morgan fingerprint density at radius 1 is 1.00 bits per heavy atom. The van der Waals surface area contributed by atoms with Crippen molar-refractivity contribution in [1.29, 1.82) is 0 Å². The molecule has 3 nitrogen and oxygen atoms in total. The molecule has 1 aliphatic rings. The highest BCUT2D eigenvalue weighted by Gasteiger charge is 2.34. The van der Waals surface area contributed by atoms with Crippen LogP contribution in [0.2, 0.25) is 0 Å². The Morgan fingerprint density at radius 2 is 1.65 bits per heavy atom. The number of fused-ring (bicyclic) bond motifs is 1. The summed E-state index contributed by atoms with van der Waals surface area (Å²) in [5.41, 5.74) is -1.33. The lowest BCUT2D eigenvalue weighted by atomic mass is 9.91. The summed E-state index contributed by atoms with van der Waals surface area (Å²) in [6.45, 7) is 1.78. The molecule has 0 heterocycles. The van der Waals surface area contributed by atoms with Crippen molar-refractivity contribution in [3.05, 3.63) is 58.4 Å². The van der Waals surface area contributed by atoms with Crippen molar-refractivity contribution in [2.24, 2.45) is 0 Å². The summed E-state index contributed by atoms with van der Waals surface area (Å²) >= 11 is 0. The molecule has 0 fully saturated rings. The summed E-state index contributed by atoms with van der Waals surface area (Å²) in [6, 6.07) is 1.61. The highest BCUT2D eigenvalue weighted by molar-refractivity contribution is 5.74. The lowest BCUT2D eigenvalue weighted by Crippen LogP contribution is -2.19. The number of esters is 1. The van der Waals surface area contributed by atoms with E-state index < -0.39 is 52.5 Å². The minimum absolute atomic E-state index is 0.0138. The molecule has 0 N–H and O–H groups in total. The molecular weight excluding hydrogens is 433 g/mol. The first-order valence-corrected chi connectivity index (χ1v) is 9.17. The summed E-state index contributed by atoms with van der Waals surface area (Å²) in [4.78, 5) is 11.6. The van der Waals surface area contributed by atoms with Gasteiger partial charge in [-0.15, -0.1) is 13.2 Å². The van der Waals surface area contributed by atoms with E-state index in [1.165, 1.54) is 6.08 Å². The van der Waals surface area contributed by atoms with Crippen molar-refractivity contribution in [2.75, 3.05) is 0 Å². The van der Waals surface area contributed by atoms with Gasteiger partial charge in [0.2, 0.25) is 5.75 Å². The fourth-order valence-corrected chi connectivity index (χ4v) is 3.22. The van der Waals surface area contributed by atoms with Crippen LogP contribution in [0, 0.1) is 23.3 Å². The molecule has 0 amide bonds. The lowest BCUT2D eigenvalue weighted by molar-refractivity contribution is -0.276. The van der Waals surface area contributed by atoms with E-state index in [0.717, 1.165) is 6.07 Å². The molecule has 3 rings (SSSR count). The van der Waals surface area contributed by atoms with E-state index in [1.54, 1.807) is 6.92 Å². The number of ether oxygens (including phenoxy) is 2. The largest absolute Gasteiger partial charge is 0.573 e. The van der Waals surface area contributed by atoms with Gasteiger partial charge in [0.05, 0.1) is 5.56 Å². The van der Waals surface area contributed by atoms with Crippen molar-refractivity contribution in [3.8, 4) is 16.9 Å². The van der Waals surface area contributed by atoms with Gasteiger partial charge >= 0.3 is 12.3 Å². The van der Waals surface area contributed by atoms with E-state index in [9.17, 15) is 31.1 Å². The normalized spacial score (nSPS) is 13.5. The van der Waals surface area contributed by atoms with E-state index in [0.29, 0.717) is 18.6 Å². The second-order valence-electron chi connectivity index (χ2n) is 6.77. The molecule has 0 unspecified atom stereocenters. The van der Waals surface area contributed by atoms with Crippen LogP contribution in [0.5, 0.6) is 5.75 Å². The number of carbonyl (C=O) groups is 1. The molecule has 0 aromatic heterocycles. The number of alkyl halides is 3. The van der Waals surface area contributed by atoms with Crippen LogP contribution in [0.1, 0.15) is 37.3 Å². The lowest BCUT2D eigenvalue weighted by Gasteiger charge is -2.19. The smallest absolute Gasteiger partial charge is 0.431 e. The molecule has 1 aliphatic carbocycles. The van der Waals surface area contributed by atoms with Gasteiger partial charge in [-0.1, -0.05) is 6.92 Å². The van der Waals surface area contributed by atoms with Gasteiger partial charge in [0.15, 0.2) is 11.6 Å². The van der Waals surface area contributed by atoms with E-state index in [-0.39, 0.29) is 36.1 Å². The molecule has 31 heavy (non-hydrogen) atoms. The van der Waals surface area contributed by atoms with Crippen LogP contribution in [-0.4, -0.2) is 12.3 Å². The van der Waals surface area contributed by atoms with Crippen LogP contribution in [0.25, 0.3) is 17.2 Å². The maximum absolute atomic E-state index is 15.0. The van der Waals surface area contributed by atoms with Crippen LogP contribution in [-0.2, 0) is 16.0 Å².